The quantitative estimate of drug-likeness (QED) is 0.576. The van der Waals surface area contributed by atoms with E-state index in [2.05, 4.69) is 96.8 Å². The molecule has 0 fully saturated rings. The van der Waals surface area contributed by atoms with Crippen LogP contribution in [0.3, 0.4) is 0 Å². The molecule has 1 heterocycles. The number of rotatable bonds is 4. The van der Waals surface area contributed by atoms with Crippen molar-refractivity contribution in [2.24, 2.45) is 0 Å². The molecule has 0 N–H and O–H groups in total. The van der Waals surface area contributed by atoms with Gasteiger partial charge in [-0.15, -0.1) is 0 Å². The highest BCUT2D eigenvalue weighted by molar-refractivity contribution is 5.26. The fourth-order valence-corrected chi connectivity index (χ4v) is 2.37. The molecule has 0 bridgehead atoms. The topological polar surface area (TPSA) is 12.9 Å². The first-order chi connectivity index (χ1) is 11.2. The Kier molecular flexibility index (Phi) is 8.18. The summed E-state index contributed by atoms with van der Waals surface area (Å²) < 4.78 is 0. The lowest BCUT2D eigenvalue weighted by Crippen LogP contribution is -1.94. The van der Waals surface area contributed by atoms with Crippen molar-refractivity contribution in [1.29, 1.82) is 0 Å². The molecule has 1 aromatic carbocycles. The first-order valence-corrected chi connectivity index (χ1v) is 9.28. The maximum atomic E-state index is 4.40. The summed E-state index contributed by atoms with van der Waals surface area (Å²) in [5, 5.41) is 0. The minimum atomic E-state index is 0.534. The molecular formula is C23H35N. The van der Waals surface area contributed by atoms with Gasteiger partial charge in [0.05, 0.1) is 0 Å². The van der Waals surface area contributed by atoms with E-state index in [9.17, 15) is 0 Å². The average Bonchev–Trinajstić information content (AvgIpc) is 2.55. The van der Waals surface area contributed by atoms with Crippen LogP contribution in [0.4, 0.5) is 0 Å². The summed E-state index contributed by atoms with van der Waals surface area (Å²) in [5.41, 5.74) is 5.36. The molecule has 0 amide bonds. The Labute approximate surface area is 149 Å². The van der Waals surface area contributed by atoms with E-state index in [1.807, 2.05) is 6.20 Å². The first kappa shape index (κ1) is 20.4. The number of aromatic nitrogens is 1. The Morgan fingerprint density at radius 2 is 0.875 bits per heavy atom. The van der Waals surface area contributed by atoms with Crippen LogP contribution >= 0.6 is 0 Å². The maximum Gasteiger partial charge on any atom is 0.0429 e. The van der Waals surface area contributed by atoms with Crippen LogP contribution in [-0.4, -0.2) is 4.98 Å². The van der Waals surface area contributed by atoms with Crippen LogP contribution in [0.25, 0.3) is 0 Å². The Morgan fingerprint density at radius 1 is 0.500 bits per heavy atom. The normalized spacial score (nSPS) is 11.2. The molecule has 2 rings (SSSR count). The van der Waals surface area contributed by atoms with Crippen molar-refractivity contribution < 1.29 is 0 Å². The van der Waals surface area contributed by atoms with Crippen LogP contribution in [0.5, 0.6) is 0 Å². The second-order valence-corrected chi connectivity index (χ2v) is 7.80. The molecule has 0 aliphatic heterocycles. The summed E-state index contributed by atoms with van der Waals surface area (Å²) >= 11 is 0. The minimum Gasteiger partial charge on any atom is -0.261 e. The Hall–Kier alpha value is -1.63. The molecule has 1 nitrogen and oxygen atoms in total. The zero-order valence-corrected chi connectivity index (χ0v) is 16.8. The molecule has 2 aromatic rings. The molecule has 132 valence electrons. The standard InChI is InChI=1S/C12H18.C11H17N/c1-9(2)11-5-7-12(8-6-11)10(3)4;1-8(2)10-5-6-11(9(3)4)12-7-10/h5-10H,1-4H3;5-9H,1-4H3. The number of benzene rings is 1. The van der Waals surface area contributed by atoms with Crippen molar-refractivity contribution in [3.05, 3.63) is 65.0 Å². The van der Waals surface area contributed by atoms with Crippen molar-refractivity contribution >= 4 is 0 Å². The van der Waals surface area contributed by atoms with Crippen LogP contribution in [0, 0.1) is 0 Å². The third-order valence-corrected chi connectivity index (χ3v) is 4.34. The van der Waals surface area contributed by atoms with Gasteiger partial charge >= 0.3 is 0 Å². The van der Waals surface area contributed by atoms with Crippen LogP contribution in [0.1, 0.15) is 101 Å². The van der Waals surface area contributed by atoms with E-state index in [4.69, 9.17) is 0 Å². The number of hydrogen-bond donors (Lipinski definition) is 0. The van der Waals surface area contributed by atoms with Crippen molar-refractivity contribution in [1.82, 2.24) is 4.98 Å². The molecule has 0 saturated heterocycles. The number of pyridine rings is 1. The maximum absolute atomic E-state index is 4.40. The smallest absolute Gasteiger partial charge is 0.0429 e. The van der Waals surface area contributed by atoms with Crippen LogP contribution in [-0.2, 0) is 0 Å². The Morgan fingerprint density at radius 3 is 1.12 bits per heavy atom. The molecule has 24 heavy (non-hydrogen) atoms. The molecule has 0 spiro atoms. The zero-order chi connectivity index (χ0) is 18.3. The highest BCUT2D eigenvalue weighted by atomic mass is 14.7. The molecular weight excluding hydrogens is 290 g/mol. The molecule has 0 saturated carbocycles. The van der Waals surface area contributed by atoms with Crippen molar-refractivity contribution in [2.45, 2.75) is 79.1 Å². The second-order valence-electron chi connectivity index (χ2n) is 7.80. The predicted molar refractivity (Wildman–Crippen MR) is 107 cm³/mol. The van der Waals surface area contributed by atoms with Gasteiger partial charge in [-0.05, 0) is 46.4 Å². The summed E-state index contributed by atoms with van der Waals surface area (Å²) in [5.74, 6) is 2.40. The van der Waals surface area contributed by atoms with E-state index < -0.39 is 0 Å². The van der Waals surface area contributed by atoms with E-state index >= 15 is 0 Å². The zero-order valence-electron chi connectivity index (χ0n) is 16.8. The van der Waals surface area contributed by atoms with Crippen molar-refractivity contribution in [3.8, 4) is 0 Å². The van der Waals surface area contributed by atoms with E-state index in [-0.39, 0.29) is 0 Å². The molecule has 1 aromatic heterocycles. The average molecular weight is 326 g/mol. The lowest BCUT2D eigenvalue weighted by Gasteiger charge is -2.08. The van der Waals surface area contributed by atoms with Crippen LogP contribution in [0.2, 0.25) is 0 Å². The van der Waals surface area contributed by atoms with Gasteiger partial charge < -0.3 is 0 Å². The van der Waals surface area contributed by atoms with Gasteiger partial charge in [0.1, 0.15) is 0 Å². The van der Waals surface area contributed by atoms with E-state index in [0.29, 0.717) is 23.7 Å². The highest BCUT2D eigenvalue weighted by Gasteiger charge is 2.02. The fraction of sp³-hybridized carbons (Fsp3) is 0.522. The van der Waals surface area contributed by atoms with E-state index in [1.165, 1.54) is 22.4 Å². The molecule has 0 aliphatic rings. The predicted octanol–water partition coefficient (Wildman–Crippen LogP) is 7.26. The summed E-state index contributed by atoms with van der Waals surface area (Å²) in [6, 6.07) is 13.2. The summed E-state index contributed by atoms with van der Waals surface area (Å²) in [6.07, 6.45) is 1.99. The van der Waals surface area contributed by atoms with Gasteiger partial charge in [0, 0.05) is 11.9 Å². The van der Waals surface area contributed by atoms with Gasteiger partial charge in [-0.3, -0.25) is 4.98 Å². The minimum absolute atomic E-state index is 0.534. The molecule has 0 unspecified atom stereocenters. The monoisotopic (exact) mass is 325 g/mol. The Balaban J connectivity index is 0.000000240. The first-order valence-electron chi connectivity index (χ1n) is 9.28. The summed E-state index contributed by atoms with van der Waals surface area (Å²) in [7, 11) is 0. The summed E-state index contributed by atoms with van der Waals surface area (Å²) in [4.78, 5) is 4.40. The van der Waals surface area contributed by atoms with Crippen molar-refractivity contribution in [2.75, 3.05) is 0 Å². The van der Waals surface area contributed by atoms with Crippen LogP contribution in [0.15, 0.2) is 42.6 Å². The van der Waals surface area contributed by atoms with Gasteiger partial charge in [-0.1, -0.05) is 85.7 Å². The summed E-state index contributed by atoms with van der Waals surface area (Å²) in [6.45, 7) is 17.6. The second kappa shape index (κ2) is 9.61. The van der Waals surface area contributed by atoms with Gasteiger partial charge in [-0.2, -0.15) is 0 Å². The van der Waals surface area contributed by atoms with Gasteiger partial charge in [0.25, 0.3) is 0 Å². The third-order valence-electron chi connectivity index (χ3n) is 4.34. The number of hydrogen-bond acceptors (Lipinski definition) is 1. The largest absolute Gasteiger partial charge is 0.261 e. The number of nitrogens with zero attached hydrogens (tertiary/aromatic N) is 1. The van der Waals surface area contributed by atoms with E-state index in [0.717, 1.165) is 0 Å². The van der Waals surface area contributed by atoms with Gasteiger partial charge in [-0.25, -0.2) is 0 Å². The lowest BCUT2D eigenvalue weighted by atomic mass is 9.97. The molecule has 0 atom stereocenters. The third kappa shape index (κ3) is 6.47. The highest BCUT2D eigenvalue weighted by Crippen LogP contribution is 2.19. The molecule has 1 heteroatoms. The van der Waals surface area contributed by atoms with Gasteiger partial charge in [0.2, 0.25) is 0 Å². The lowest BCUT2D eigenvalue weighted by molar-refractivity contribution is 0.802. The van der Waals surface area contributed by atoms with Crippen LogP contribution < -0.4 is 0 Å². The SMILES string of the molecule is CC(C)c1ccc(C(C)C)cc1.CC(C)c1ccc(C(C)C)nc1. The van der Waals surface area contributed by atoms with E-state index in [1.54, 1.807) is 0 Å². The fourth-order valence-electron chi connectivity index (χ4n) is 2.37. The van der Waals surface area contributed by atoms with Crippen molar-refractivity contribution in [3.63, 3.8) is 0 Å². The molecule has 0 radical (unpaired) electrons. The van der Waals surface area contributed by atoms with Gasteiger partial charge in [0.15, 0.2) is 0 Å². The Bertz CT molecular complexity index is 465. The molecule has 0 aliphatic carbocycles.